The Morgan fingerprint density at radius 1 is 1.33 bits per heavy atom. The van der Waals surface area contributed by atoms with Crippen molar-refractivity contribution in [1.82, 2.24) is 15.1 Å². The predicted molar refractivity (Wildman–Crippen MR) is 120 cm³/mol. The SMILES string of the molecule is C/C=C\C(C)=C(/N)n1nc(C(F)(F)F)cc1C=O.CNc1c(C)cccc1C(=O)NC(C)O. The minimum Gasteiger partial charge on any atom is -0.387 e. The Balaban J connectivity index is 0.000000335. The monoisotopic (exact) mass is 467 g/mol. The third-order valence-corrected chi connectivity index (χ3v) is 4.30. The van der Waals surface area contributed by atoms with Crippen molar-refractivity contribution in [3.05, 3.63) is 64.5 Å². The first-order chi connectivity index (χ1) is 15.4. The fraction of sp³-hybridized carbons (Fsp3) is 0.318. The van der Waals surface area contributed by atoms with Crippen LogP contribution in [0.15, 0.2) is 42.0 Å². The van der Waals surface area contributed by atoms with Gasteiger partial charge in [0.1, 0.15) is 17.7 Å². The van der Waals surface area contributed by atoms with Crippen molar-refractivity contribution in [2.45, 2.75) is 40.1 Å². The lowest BCUT2D eigenvalue weighted by Crippen LogP contribution is -2.32. The average molecular weight is 467 g/mol. The van der Waals surface area contributed by atoms with Gasteiger partial charge in [0, 0.05) is 12.7 Å². The molecule has 0 saturated heterocycles. The Kier molecular flexibility index (Phi) is 9.86. The number of anilines is 1. The molecule has 0 aliphatic heterocycles. The van der Waals surface area contributed by atoms with Crippen molar-refractivity contribution in [3.63, 3.8) is 0 Å². The number of rotatable bonds is 6. The summed E-state index contributed by atoms with van der Waals surface area (Å²) in [6.07, 6.45) is -1.89. The molecule has 0 aliphatic carbocycles. The maximum absolute atomic E-state index is 12.5. The summed E-state index contributed by atoms with van der Waals surface area (Å²) in [6, 6.07) is 6.11. The number of hydrogen-bond acceptors (Lipinski definition) is 6. The molecule has 1 aromatic heterocycles. The first-order valence-corrected chi connectivity index (χ1v) is 9.85. The van der Waals surface area contributed by atoms with Gasteiger partial charge in [0.2, 0.25) is 0 Å². The predicted octanol–water partition coefficient (Wildman–Crippen LogP) is 3.54. The van der Waals surface area contributed by atoms with E-state index in [-0.39, 0.29) is 23.7 Å². The van der Waals surface area contributed by atoms with Gasteiger partial charge in [-0.1, -0.05) is 24.3 Å². The summed E-state index contributed by atoms with van der Waals surface area (Å²) in [5, 5.41) is 17.8. The maximum Gasteiger partial charge on any atom is 0.435 e. The molecule has 180 valence electrons. The van der Waals surface area contributed by atoms with Crippen LogP contribution in [0, 0.1) is 6.92 Å². The highest BCUT2D eigenvalue weighted by Crippen LogP contribution is 2.29. The molecule has 2 aromatic rings. The van der Waals surface area contributed by atoms with E-state index < -0.39 is 18.1 Å². The second-order valence-corrected chi connectivity index (χ2v) is 6.95. The zero-order valence-electron chi connectivity index (χ0n) is 19.0. The lowest BCUT2D eigenvalue weighted by molar-refractivity contribution is -0.141. The van der Waals surface area contributed by atoms with Gasteiger partial charge in [-0.2, -0.15) is 18.3 Å². The molecular weight excluding hydrogens is 439 g/mol. The molecule has 2 rings (SSSR count). The van der Waals surface area contributed by atoms with Crippen LogP contribution in [-0.2, 0) is 6.18 Å². The number of nitrogens with two attached hydrogens (primary N) is 1. The van der Waals surface area contributed by atoms with Gasteiger partial charge in [0.05, 0.1) is 5.56 Å². The van der Waals surface area contributed by atoms with Crippen molar-refractivity contribution in [3.8, 4) is 0 Å². The topological polar surface area (TPSA) is 122 Å². The summed E-state index contributed by atoms with van der Waals surface area (Å²) >= 11 is 0. The van der Waals surface area contributed by atoms with E-state index in [1.54, 1.807) is 39.1 Å². The average Bonchev–Trinajstić information content (AvgIpc) is 3.18. The summed E-state index contributed by atoms with van der Waals surface area (Å²) in [7, 11) is 1.77. The molecule has 5 N–H and O–H groups in total. The van der Waals surface area contributed by atoms with Crippen molar-refractivity contribution in [2.24, 2.45) is 5.73 Å². The Labute approximate surface area is 190 Å². The smallest absolute Gasteiger partial charge is 0.387 e. The van der Waals surface area contributed by atoms with E-state index in [4.69, 9.17) is 10.8 Å². The zero-order chi connectivity index (χ0) is 25.3. The molecular formula is C22H28F3N5O3. The van der Waals surface area contributed by atoms with Gasteiger partial charge >= 0.3 is 6.18 Å². The first-order valence-electron chi connectivity index (χ1n) is 9.85. The van der Waals surface area contributed by atoms with Gasteiger partial charge in [-0.05, 0) is 51.0 Å². The van der Waals surface area contributed by atoms with Gasteiger partial charge in [-0.25, -0.2) is 4.68 Å². The molecule has 8 nitrogen and oxygen atoms in total. The summed E-state index contributed by atoms with van der Waals surface area (Å²) in [6.45, 7) is 6.78. The Morgan fingerprint density at radius 3 is 2.45 bits per heavy atom. The molecule has 1 heterocycles. The number of carbonyl (C=O) groups is 2. The second-order valence-electron chi connectivity index (χ2n) is 6.95. The number of hydrogen-bond donors (Lipinski definition) is 4. The quantitative estimate of drug-likeness (QED) is 0.293. The van der Waals surface area contributed by atoms with E-state index in [0.717, 1.165) is 15.9 Å². The Morgan fingerprint density at radius 2 is 1.97 bits per heavy atom. The summed E-state index contributed by atoms with van der Waals surface area (Å²) in [5.41, 5.74) is 7.10. The maximum atomic E-state index is 12.5. The first kappa shape index (κ1) is 27.4. The van der Waals surface area contributed by atoms with Crippen molar-refractivity contribution >= 4 is 23.7 Å². The molecule has 0 aliphatic rings. The van der Waals surface area contributed by atoms with Crippen molar-refractivity contribution in [2.75, 3.05) is 12.4 Å². The number of nitrogens with zero attached hydrogens (tertiary/aromatic N) is 2. The number of amides is 1. The molecule has 0 radical (unpaired) electrons. The van der Waals surface area contributed by atoms with E-state index in [1.165, 1.54) is 6.92 Å². The largest absolute Gasteiger partial charge is 0.435 e. The lowest BCUT2D eigenvalue weighted by Gasteiger charge is -2.13. The second kappa shape index (κ2) is 11.9. The minimum atomic E-state index is -4.61. The highest BCUT2D eigenvalue weighted by molar-refractivity contribution is 6.00. The highest BCUT2D eigenvalue weighted by atomic mass is 19.4. The van der Waals surface area contributed by atoms with Crippen LogP contribution in [0.2, 0.25) is 0 Å². The lowest BCUT2D eigenvalue weighted by atomic mass is 10.1. The third kappa shape index (κ3) is 7.49. The summed E-state index contributed by atoms with van der Waals surface area (Å²) in [4.78, 5) is 22.4. The number of aliphatic hydroxyl groups is 1. The van der Waals surface area contributed by atoms with Crippen LogP contribution in [-0.4, -0.2) is 40.4 Å². The Bertz CT molecular complexity index is 1040. The van der Waals surface area contributed by atoms with Gasteiger partial charge in [-0.3, -0.25) is 9.59 Å². The number of carbonyl (C=O) groups excluding carboxylic acids is 2. The van der Waals surface area contributed by atoms with Gasteiger partial charge in [0.15, 0.2) is 12.0 Å². The number of halogens is 3. The highest BCUT2D eigenvalue weighted by Gasteiger charge is 2.35. The van der Waals surface area contributed by atoms with E-state index >= 15 is 0 Å². The van der Waals surface area contributed by atoms with E-state index in [1.807, 2.05) is 19.1 Å². The molecule has 1 unspecified atom stereocenters. The molecule has 33 heavy (non-hydrogen) atoms. The van der Waals surface area contributed by atoms with Gasteiger partial charge in [-0.15, -0.1) is 0 Å². The van der Waals surface area contributed by atoms with Crippen LogP contribution in [0.5, 0.6) is 0 Å². The number of aldehydes is 1. The fourth-order valence-electron chi connectivity index (χ4n) is 2.77. The number of nitrogens with one attached hydrogen (secondary N) is 2. The van der Waals surface area contributed by atoms with E-state index in [9.17, 15) is 22.8 Å². The molecule has 0 bridgehead atoms. The van der Waals surface area contributed by atoms with Crippen molar-refractivity contribution < 1.29 is 27.9 Å². The van der Waals surface area contributed by atoms with Gasteiger partial charge < -0.3 is 21.5 Å². The number of aromatic nitrogens is 2. The third-order valence-electron chi connectivity index (χ3n) is 4.30. The number of aryl methyl sites for hydroxylation is 1. The molecule has 0 fully saturated rings. The number of aliphatic hydroxyl groups excluding tert-OH is 1. The molecule has 0 spiro atoms. The normalized spacial score (nSPS) is 13.0. The van der Waals surface area contributed by atoms with Crippen LogP contribution >= 0.6 is 0 Å². The number of para-hydroxylation sites is 1. The van der Waals surface area contributed by atoms with Crippen molar-refractivity contribution in [1.29, 1.82) is 0 Å². The van der Waals surface area contributed by atoms with E-state index in [0.29, 0.717) is 17.2 Å². The van der Waals surface area contributed by atoms with Crippen LogP contribution in [0.25, 0.3) is 5.82 Å². The van der Waals surface area contributed by atoms with Crippen LogP contribution in [0.3, 0.4) is 0 Å². The minimum absolute atomic E-state index is 0.0225. The molecule has 1 amide bonds. The number of benzene rings is 1. The summed E-state index contributed by atoms with van der Waals surface area (Å²) in [5.74, 6) is -0.302. The van der Waals surface area contributed by atoms with Crippen LogP contribution in [0.4, 0.5) is 18.9 Å². The molecule has 1 atom stereocenters. The number of allylic oxidation sites excluding steroid dienone is 3. The fourth-order valence-corrected chi connectivity index (χ4v) is 2.77. The molecule has 1 aromatic carbocycles. The molecule has 0 saturated carbocycles. The van der Waals surface area contributed by atoms with Crippen LogP contribution in [0.1, 0.15) is 52.9 Å². The zero-order valence-corrected chi connectivity index (χ0v) is 19.0. The van der Waals surface area contributed by atoms with Crippen LogP contribution < -0.4 is 16.4 Å². The number of alkyl halides is 3. The Hall–Kier alpha value is -3.60. The molecule has 11 heteroatoms. The summed E-state index contributed by atoms with van der Waals surface area (Å²) < 4.78 is 38.2. The van der Waals surface area contributed by atoms with Gasteiger partial charge in [0.25, 0.3) is 5.91 Å². The standard InChI is InChI=1S/C11H12F3N3O.C11H16N2O2/c1-3-4-7(2)10(15)17-8(6-18)5-9(16-17)11(12,13)14;1-7-5-4-6-9(10(7)12-3)11(15)13-8(2)14/h3-6H,15H2,1-2H3;4-6,8,12,14H,1-3H3,(H,13,15)/b4-3-,10-7+;. The van der Waals surface area contributed by atoms with E-state index in [2.05, 4.69) is 15.7 Å².